The maximum absolute atomic E-state index is 12.6. The quantitative estimate of drug-likeness (QED) is 0.788. The van der Waals surface area contributed by atoms with Crippen molar-refractivity contribution in [1.82, 2.24) is 25.0 Å². The van der Waals surface area contributed by atoms with Crippen molar-refractivity contribution in [2.24, 2.45) is 5.92 Å². The lowest BCUT2D eigenvalue weighted by atomic mass is 9.95. The van der Waals surface area contributed by atoms with Gasteiger partial charge in [0, 0.05) is 32.7 Å². The summed E-state index contributed by atoms with van der Waals surface area (Å²) in [6.07, 6.45) is 8.87. The Hall–Kier alpha value is -1.96. The van der Waals surface area contributed by atoms with E-state index < -0.39 is 0 Å². The molecule has 1 aromatic heterocycles. The van der Waals surface area contributed by atoms with Crippen molar-refractivity contribution in [3.05, 3.63) is 12.2 Å². The van der Waals surface area contributed by atoms with Gasteiger partial charge < -0.3 is 19.5 Å². The monoisotopic (exact) mass is 363 g/mol. The van der Waals surface area contributed by atoms with E-state index in [0.717, 1.165) is 18.7 Å². The SMILES string of the molecule is COCCN1C[C@H](C(=O)NCc2nncn2C2CCCCC2)CCC1=O. The van der Waals surface area contributed by atoms with Gasteiger partial charge in [0.25, 0.3) is 0 Å². The maximum Gasteiger partial charge on any atom is 0.225 e. The second kappa shape index (κ2) is 9.12. The lowest BCUT2D eigenvalue weighted by molar-refractivity contribution is -0.139. The van der Waals surface area contributed by atoms with Gasteiger partial charge in [-0.05, 0) is 19.3 Å². The minimum atomic E-state index is -0.171. The molecule has 1 saturated heterocycles. The molecule has 8 heteroatoms. The average Bonchev–Trinajstić information content (AvgIpc) is 3.15. The van der Waals surface area contributed by atoms with Gasteiger partial charge in [-0.15, -0.1) is 10.2 Å². The zero-order valence-electron chi connectivity index (χ0n) is 15.5. The fraction of sp³-hybridized carbons (Fsp3) is 0.778. The number of nitrogens with zero attached hydrogens (tertiary/aromatic N) is 4. The van der Waals surface area contributed by atoms with Crippen LogP contribution in [0, 0.1) is 5.92 Å². The van der Waals surface area contributed by atoms with Gasteiger partial charge in [0.2, 0.25) is 11.8 Å². The van der Waals surface area contributed by atoms with Crippen LogP contribution in [0.25, 0.3) is 0 Å². The minimum absolute atomic E-state index is 0.0156. The highest BCUT2D eigenvalue weighted by molar-refractivity contribution is 5.83. The summed E-state index contributed by atoms with van der Waals surface area (Å²) in [6.45, 7) is 1.88. The highest BCUT2D eigenvalue weighted by Crippen LogP contribution is 2.28. The van der Waals surface area contributed by atoms with E-state index in [4.69, 9.17) is 4.74 Å². The molecule has 1 saturated carbocycles. The third kappa shape index (κ3) is 4.60. The number of ether oxygens (including phenoxy) is 1. The van der Waals surface area contributed by atoms with Crippen LogP contribution in [0.2, 0.25) is 0 Å². The van der Waals surface area contributed by atoms with E-state index in [0.29, 0.717) is 45.1 Å². The molecule has 0 unspecified atom stereocenters. The summed E-state index contributed by atoms with van der Waals surface area (Å²) >= 11 is 0. The molecule has 1 atom stereocenters. The first-order valence-electron chi connectivity index (χ1n) is 9.62. The molecule has 0 spiro atoms. The van der Waals surface area contributed by atoms with Crippen molar-refractivity contribution in [3.8, 4) is 0 Å². The highest BCUT2D eigenvalue weighted by Gasteiger charge is 2.30. The van der Waals surface area contributed by atoms with Gasteiger partial charge >= 0.3 is 0 Å². The molecule has 26 heavy (non-hydrogen) atoms. The molecule has 0 aromatic carbocycles. The smallest absolute Gasteiger partial charge is 0.225 e. The number of carbonyl (C=O) groups excluding carboxylic acids is 2. The molecule has 2 amide bonds. The van der Waals surface area contributed by atoms with Gasteiger partial charge in [-0.1, -0.05) is 19.3 Å². The van der Waals surface area contributed by atoms with Gasteiger partial charge in [-0.25, -0.2) is 0 Å². The lowest BCUT2D eigenvalue weighted by Crippen LogP contribution is -2.46. The molecular formula is C18H29N5O3. The maximum atomic E-state index is 12.6. The number of likely N-dealkylation sites (tertiary alicyclic amines) is 1. The summed E-state index contributed by atoms with van der Waals surface area (Å²) in [7, 11) is 1.61. The van der Waals surface area contributed by atoms with Crippen molar-refractivity contribution in [3.63, 3.8) is 0 Å². The first kappa shape index (κ1) is 18.8. The Morgan fingerprint density at radius 3 is 2.88 bits per heavy atom. The Kier molecular flexibility index (Phi) is 6.60. The summed E-state index contributed by atoms with van der Waals surface area (Å²) < 4.78 is 7.16. The molecule has 3 rings (SSSR count). The molecule has 0 radical (unpaired) electrons. The fourth-order valence-electron chi connectivity index (χ4n) is 3.91. The van der Waals surface area contributed by atoms with Crippen LogP contribution in [0.3, 0.4) is 0 Å². The first-order valence-corrected chi connectivity index (χ1v) is 9.62. The fourth-order valence-corrected chi connectivity index (χ4v) is 3.91. The number of piperidine rings is 1. The van der Waals surface area contributed by atoms with E-state index in [1.54, 1.807) is 18.3 Å². The third-order valence-electron chi connectivity index (χ3n) is 5.47. The zero-order chi connectivity index (χ0) is 18.4. The van der Waals surface area contributed by atoms with Gasteiger partial charge in [-0.2, -0.15) is 0 Å². The van der Waals surface area contributed by atoms with Crippen LogP contribution in [0.4, 0.5) is 0 Å². The molecule has 1 N–H and O–H groups in total. The summed E-state index contributed by atoms with van der Waals surface area (Å²) in [5.41, 5.74) is 0. The van der Waals surface area contributed by atoms with E-state index in [2.05, 4.69) is 20.1 Å². The molecule has 144 valence electrons. The van der Waals surface area contributed by atoms with Crippen molar-refractivity contribution < 1.29 is 14.3 Å². The van der Waals surface area contributed by atoms with Gasteiger partial charge in [0.15, 0.2) is 5.82 Å². The van der Waals surface area contributed by atoms with E-state index in [1.165, 1.54) is 19.3 Å². The number of amides is 2. The van der Waals surface area contributed by atoms with Crippen molar-refractivity contribution in [2.75, 3.05) is 26.8 Å². The Morgan fingerprint density at radius 1 is 1.31 bits per heavy atom. The summed E-state index contributed by atoms with van der Waals surface area (Å²) in [5.74, 6) is 0.727. The first-order chi connectivity index (χ1) is 12.7. The van der Waals surface area contributed by atoms with Crippen molar-refractivity contribution >= 4 is 11.8 Å². The normalized spacial score (nSPS) is 21.8. The number of carbonyl (C=O) groups is 2. The largest absolute Gasteiger partial charge is 0.383 e. The van der Waals surface area contributed by atoms with E-state index in [9.17, 15) is 9.59 Å². The van der Waals surface area contributed by atoms with Crippen molar-refractivity contribution in [2.45, 2.75) is 57.5 Å². The molecular weight excluding hydrogens is 334 g/mol. The molecule has 2 fully saturated rings. The van der Waals surface area contributed by atoms with E-state index >= 15 is 0 Å². The Labute approximate surface area is 154 Å². The van der Waals surface area contributed by atoms with Crippen LogP contribution < -0.4 is 5.32 Å². The number of aromatic nitrogens is 3. The van der Waals surface area contributed by atoms with Gasteiger partial charge in [-0.3, -0.25) is 9.59 Å². The van der Waals surface area contributed by atoms with Gasteiger partial charge in [0.1, 0.15) is 6.33 Å². The van der Waals surface area contributed by atoms with Crippen LogP contribution in [-0.4, -0.2) is 58.3 Å². The second-order valence-corrected chi connectivity index (χ2v) is 7.23. The van der Waals surface area contributed by atoms with Crippen molar-refractivity contribution in [1.29, 1.82) is 0 Å². The number of hydrogen-bond acceptors (Lipinski definition) is 5. The number of hydrogen-bond donors (Lipinski definition) is 1. The van der Waals surface area contributed by atoms with E-state index in [-0.39, 0.29) is 17.7 Å². The Bertz CT molecular complexity index is 612. The number of rotatable bonds is 7. The van der Waals surface area contributed by atoms with E-state index in [1.807, 2.05) is 0 Å². The standard InChI is InChI=1S/C18H29N5O3/c1-26-10-9-22-12-14(7-8-17(22)24)18(25)19-11-16-21-20-13-23(16)15-5-3-2-4-6-15/h13-15H,2-12H2,1H3,(H,19,25)/t14-/m1/s1. The highest BCUT2D eigenvalue weighted by atomic mass is 16.5. The summed E-state index contributed by atoms with van der Waals surface area (Å²) in [5, 5.41) is 11.2. The van der Waals surface area contributed by atoms with Crippen LogP contribution in [0.5, 0.6) is 0 Å². The molecule has 8 nitrogen and oxygen atoms in total. The van der Waals surface area contributed by atoms with Crippen LogP contribution in [0.1, 0.15) is 56.8 Å². The van der Waals surface area contributed by atoms with Crippen LogP contribution >= 0.6 is 0 Å². The molecule has 2 aliphatic rings. The predicted molar refractivity (Wildman–Crippen MR) is 95.2 cm³/mol. The topological polar surface area (TPSA) is 89.3 Å². The molecule has 1 aliphatic heterocycles. The second-order valence-electron chi connectivity index (χ2n) is 7.23. The van der Waals surface area contributed by atoms with Crippen LogP contribution in [-0.2, 0) is 20.9 Å². The number of nitrogens with one attached hydrogen (secondary N) is 1. The zero-order valence-corrected chi connectivity index (χ0v) is 15.5. The van der Waals surface area contributed by atoms with Gasteiger partial charge in [0.05, 0.1) is 19.1 Å². The number of methoxy groups -OCH3 is 1. The minimum Gasteiger partial charge on any atom is -0.383 e. The molecule has 1 aliphatic carbocycles. The summed E-state index contributed by atoms with van der Waals surface area (Å²) in [6, 6.07) is 0.447. The summed E-state index contributed by atoms with van der Waals surface area (Å²) in [4.78, 5) is 26.2. The third-order valence-corrected chi connectivity index (χ3v) is 5.47. The van der Waals surface area contributed by atoms with Crippen LogP contribution in [0.15, 0.2) is 6.33 Å². The molecule has 2 heterocycles. The Balaban J connectivity index is 1.52. The Morgan fingerprint density at radius 2 is 2.12 bits per heavy atom. The molecule has 0 bridgehead atoms. The molecule has 1 aromatic rings. The lowest BCUT2D eigenvalue weighted by Gasteiger charge is -2.31. The predicted octanol–water partition coefficient (Wildman–Crippen LogP) is 1.28. The average molecular weight is 363 g/mol.